The minimum Gasteiger partial charge on any atom is -0.487 e. The summed E-state index contributed by atoms with van der Waals surface area (Å²) in [6.07, 6.45) is 2.79. The van der Waals surface area contributed by atoms with Gasteiger partial charge >= 0.3 is 0 Å². The van der Waals surface area contributed by atoms with Crippen molar-refractivity contribution in [2.75, 3.05) is 6.54 Å². The van der Waals surface area contributed by atoms with Crippen molar-refractivity contribution in [1.29, 1.82) is 0 Å². The highest BCUT2D eigenvalue weighted by Gasteiger charge is 2.30. The molecule has 7 heteroatoms. The molecule has 0 fully saturated rings. The fourth-order valence-electron chi connectivity index (χ4n) is 3.90. The maximum absolute atomic E-state index is 11.5. The first kappa shape index (κ1) is 18.2. The molecule has 2 aromatic carbocycles. The number of ether oxygens (including phenoxy) is 1. The third-order valence-corrected chi connectivity index (χ3v) is 5.18. The number of hydrogen-bond acceptors (Lipinski definition) is 5. The van der Waals surface area contributed by atoms with E-state index in [-0.39, 0.29) is 16.5 Å². The van der Waals surface area contributed by atoms with E-state index in [2.05, 4.69) is 0 Å². The summed E-state index contributed by atoms with van der Waals surface area (Å²) in [7, 11) is 0. The largest absolute Gasteiger partial charge is 0.487 e. The molecule has 7 nitrogen and oxygen atoms in total. The van der Waals surface area contributed by atoms with Crippen molar-refractivity contribution in [3.05, 3.63) is 81.7 Å². The molecule has 1 heterocycles. The van der Waals surface area contributed by atoms with Crippen molar-refractivity contribution in [3.63, 3.8) is 0 Å². The van der Waals surface area contributed by atoms with E-state index in [1.165, 1.54) is 6.07 Å². The summed E-state index contributed by atoms with van der Waals surface area (Å²) in [5.41, 5.74) is 9.44. The molecule has 144 valence electrons. The van der Waals surface area contributed by atoms with Crippen LogP contribution in [0.5, 0.6) is 5.75 Å². The number of para-hydroxylation sites is 3. The van der Waals surface area contributed by atoms with Gasteiger partial charge in [-0.15, -0.1) is 0 Å². The zero-order valence-corrected chi connectivity index (χ0v) is 15.5. The van der Waals surface area contributed by atoms with Gasteiger partial charge in [-0.25, -0.2) is 4.68 Å². The molecule has 0 saturated carbocycles. The maximum Gasteiger partial charge on any atom is 0.294 e. The molecule has 1 unspecified atom stereocenters. The topological polar surface area (TPSA) is 96.2 Å². The Morgan fingerprint density at radius 1 is 1.18 bits per heavy atom. The Bertz CT molecular complexity index is 985. The average Bonchev–Trinajstić information content (AvgIpc) is 3.11. The van der Waals surface area contributed by atoms with E-state index in [9.17, 15) is 10.1 Å². The molecule has 0 bridgehead atoms. The van der Waals surface area contributed by atoms with Crippen molar-refractivity contribution in [1.82, 2.24) is 9.78 Å². The lowest BCUT2D eigenvalue weighted by Crippen LogP contribution is -2.20. The number of nitrogens with zero attached hydrogens (tertiary/aromatic N) is 3. The molecular formula is C21H22N4O3. The van der Waals surface area contributed by atoms with Crippen LogP contribution in [0, 0.1) is 10.1 Å². The van der Waals surface area contributed by atoms with Gasteiger partial charge in [0.25, 0.3) is 5.69 Å². The summed E-state index contributed by atoms with van der Waals surface area (Å²) in [6.45, 7) is 0.824. The third-order valence-electron chi connectivity index (χ3n) is 5.18. The first-order valence-electron chi connectivity index (χ1n) is 9.41. The molecule has 28 heavy (non-hydrogen) atoms. The average molecular weight is 378 g/mol. The van der Waals surface area contributed by atoms with Crippen LogP contribution in [0.4, 0.5) is 5.69 Å². The van der Waals surface area contributed by atoms with Gasteiger partial charge in [-0.1, -0.05) is 30.3 Å². The predicted octanol–water partition coefficient (Wildman–Crippen LogP) is 3.74. The van der Waals surface area contributed by atoms with Crippen molar-refractivity contribution < 1.29 is 9.66 Å². The molecule has 1 atom stereocenters. The first-order valence-corrected chi connectivity index (χ1v) is 9.41. The molecule has 1 aliphatic rings. The summed E-state index contributed by atoms with van der Waals surface area (Å²) < 4.78 is 7.65. The highest BCUT2D eigenvalue weighted by atomic mass is 16.6. The zero-order chi connectivity index (χ0) is 19.5. The minimum absolute atomic E-state index is 0.0400. The summed E-state index contributed by atoms with van der Waals surface area (Å²) in [4.78, 5) is 11.2. The Morgan fingerprint density at radius 3 is 2.68 bits per heavy atom. The molecule has 0 aliphatic heterocycles. The number of nitro groups is 1. The van der Waals surface area contributed by atoms with E-state index in [0.29, 0.717) is 18.8 Å². The molecule has 0 saturated heterocycles. The van der Waals surface area contributed by atoms with Gasteiger partial charge in [0.05, 0.1) is 4.92 Å². The number of nitrogens with two attached hydrogens (primary N) is 1. The number of benzene rings is 2. The molecule has 0 spiro atoms. The molecule has 2 N–H and O–H groups in total. The van der Waals surface area contributed by atoms with Gasteiger partial charge in [-0.05, 0) is 49.9 Å². The molecule has 4 rings (SSSR count). The summed E-state index contributed by atoms with van der Waals surface area (Å²) in [5.74, 6) is 0.950. The molecule has 1 aliphatic carbocycles. The maximum atomic E-state index is 11.5. The number of aromatic nitrogens is 2. The number of hydrogen-bond donors (Lipinski definition) is 1. The van der Waals surface area contributed by atoms with Crippen molar-refractivity contribution in [2.45, 2.75) is 31.8 Å². The lowest BCUT2D eigenvalue weighted by atomic mass is 9.85. The highest BCUT2D eigenvalue weighted by molar-refractivity contribution is 5.54. The Labute approximate surface area is 162 Å². The van der Waals surface area contributed by atoms with Gasteiger partial charge in [0, 0.05) is 17.3 Å². The van der Waals surface area contributed by atoms with Crippen LogP contribution < -0.4 is 10.5 Å². The molecule has 3 aromatic rings. The molecule has 0 radical (unpaired) electrons. The normalized spacial score (nSPS) is 15.8. The Kier molecular flexibility index (Phi) is 5.08. The van der Waals surface area contributed by atoms with Crippen LogP contribution in [0.1, 0.15) is 35.7 Å². The van der Waals surface area contributed by atoms with E-state index in [4.69, 9.17) is 15.6 Å². The van der Waals surface area contributed by atoms with Crippen LogP contribution in [0.25, 0.3) is 5.69 Å². The van der Waals surface area contributed by atoms with Crippen molar-refractivity contribution in [3.8, 4) is 11.4 Å². The van der Waals surface area contributed by atoms with Gasteiger partial charge in [0.2, 0.25) is 0 Å². The van der Waals surface area contributed by atoms with Crippen LogP contribution in [0.15, 0.2) is 54.6 Å². The Hall–Kier alpha value is -3.19. The first-order chi connectivity index (χ1) is 13.7. The van der Waals surface area contributed by atoms with Gasteiger partial charge in [0.15, 0.2) is 0 Å². The number of fused-ring (bicyclic) bond motifs is 1. The van der Waals surface area contributed by atoms with Gasteiger partial charge in [0.1, 0.15) is 23.7 Å². The summed E-state index contributed by atoms with van der Waals surface area (Å²) >= 11 is 0. The van der Waals surface area contributed by atoms with Crippen LogP contribution in [-0.4, -0.2) is 21.2 Å². The summed E-state index contributed by atoms with van der Waals surface area (Å²) in [6, 6.07) is 16.3. The van der Waals surface area contributed by atoms with Crippen molar-refractivity contribution >= 4 is 5.69 Å². The number of rotatable bonds is 6. The van der Waals surface area contributed by atoms with E-state index < -0.39 is 0 Å². The monoisotopic (exact) mass is 378 g/mol. The number of nitro benzene ring substituents is 1. The molecule has 1 aromatic heterocycles. The standard InChI is InChI=1S/C21H22N4O3/c22-13-15-7-6-12-20-21(15)17(14-28-16-8-2-1-3-9-16)23-24(20)18-10-4-5-11-19(18)25(26)27/h1-5,8-11,15H,6-7,12-14,22H2. The second-order valence-corrected chi connectivity index (χ2v) is 6.89. The lowest BCUT2D eigenvalue weighted by molar-refractivity contribution is -0.384. The van der Waals surface area contributed by atoms with E-state index in [1.54, 1.807) is 22.9 Å². The lowest BCUT2D eigenvalue weighted by Gasteiger charge is -2.22. The quantitative estimate of drug-likeness (QED) is 0.521. The predicted molar refractivity (Wildman–Crippen MR) is 106 cm³/mol. The molecular weight excluding hydrogens is 356 g/mol. The van der Waals surface area contributed by atoms with Gasteiger partial charge in [-0.2, -0.15) is 5.10 Å². The highest BCUT2D eigenvalue weighted by Crippen LogP contribution is 2.36. The fraction of sp³-hybridized carbons (Fsp3) is 0.286. The van der Waals surface area contributed by atoms with Gasteiger partial charge < -0.3 is 10.5 Å². The smallest absolute Gasteiger partial charge is 0.294 e. The van der Waals surface area contributed by atoms with Crippen LogP contribution in [-0.2, 0) is 13.0 Å². The second-order valence-electron chi connectivity index (χ2n) is 6.89. The zero-order valence-electron chi connectivity index (χ0n) is 15.5. The minimum atomic E-state index is -0.368. The Morgan fingerprint density at radius 2 is 1.93 bits per heavy atom. The SMILES string of the molecule is NCC1CCCc2c1c(COc1ccccc1)nn2-c1ccccc1[N+](=O)[O-]. The third kappa shape index (κ3) is 3.36. The van der Waals surface area contributed by atoms with E-state index in [0.717, 1.165) is 42.0 Å². The second kappa shape index (κ2) is 7.82. The molecule has 0 amide bonds. The fourth-order valence-corrected chi connectivity index (χ4v) is 3.90. The van der Waals surface area contributed by atoms with Crippen molar-refractivity contribution in [2.24, 2.45) is 5.73 Å². The van der Waals surface area contributed by atoms with Crippen LogP contribution in [0.3, 0.4) is 0 Å². The van der Waals surface area contributed by atoms with Crippen LogP contribution in [0.2, 0.25) is 0 Å². The Balaban J connectivity index is 1.78. The van der Waals surface area contributed by atoms with E-state index >= 15 is 0 Å². The summed E-state index contributed by atoms with van der Waals surface area (Å²) in [5, 5.41) is 16.3. The van der Waals surface area contributed by atoms with Gasteiger partial charge in [-0.3, -0.25) is 10.1 Å². The van der Waals surface area contributed by atoms with E-state index in [1.807, 2.05) is 30.3 Å². The van der Waals surface area contributed by atoms with Crippen LogP contribution >= 0.6 is 0 Å².